The molecule has 3 rings (SSSR count). The summed E-state index contributed by atoms with van der Waals surface area (Å²) in [4.78, 5) is 37.1. The molecular formula is C18H17NO4S. The number of hydrogen-bond donors (Lipinski definition) is 0. The molecule has 0 atom stereocenters. The van der Waals surface area contributed by atoms with Gasteiger partial charge in [0.25, 0.3) is 5.91 Å². The molecule has 24 heavy (non-hydrogen) atoms. The molecule has 0 aromatic heterocycles. The predicted octanol–water partition coefficient (Wildman–Crippen LogP) is 2.62. The van der Waals surface area contributed by atoms with Crippen LogP contribution in [0.4, 0.5) is 0 Å². The number of carbonyl (C=O) groups excluding carboxylic acids is 3. The second-order valence-electron chi connectivity index (χ2n) is 5.50. The number of imide groups is 1. The molecule has 2 aromatic carbocycles. The zero-order chi connectivity index (χ0) is 16.9. The molecule has 124 valence electrons. The second kappa shape index (κ2) is 7.49. The van der Waals surface area contributed by atoms with Gasteiger partial charge in [0.15, 0.2) is 6.61 Å². The Kier molecular flexibility index (Phi) is 5.15. The van der Waals surface area contributed by atoms with E-state index < -0.39 is 11.9 Å². The fraction of sp³-hybridized carbons (Fsp3) is 0.278. The molecule has 0 aliphatic carbocycles. The van der Waals surface area contributed by atoms with E-state index in [9.17, 15) is 14.4 Å². The number of nitrogens with zero attached hydrogens (tertiary/aromatic N) is 1. The number of fused-ring (bicyclic) bond motifs is 1. The Morgan fingerprint density at radius 3 is 2.67 bits per heavy atom. The van der Waals surface area contributed by atoms with Gasteiger partial charge in [-0.1, -0.05) is 30.3 Å². The van der Waals surface area contributed by atoms with E-state index in [0.29, 0.717) is 19.4 Å². The number of esters is 1. The third kappa shape index (κ3) is 3.94. The van der Waals surface area contributed by atoms with E-state index in [4.69, 9.17) is 4.74 Å². The van der Waals surface area contributed by atoms with E-state index in [1.165, 1.54) is 11.8 Å². The minimum Gasteiger partial charge on any atom is -0.455 e. The van der Waals surface area contributed by atoms with Gasteiger partial charge in [-0.15, -0.1) is 11.8 Å². The van der Waals surface area contributed by atoms with Crippen molar-refractivity contribution in [3.63, 3.8) is 0 Å². The average molecular weight is 343 g/mol. The smallest absolute Gasteiger partial charge is 0.316 e. The van der Waals surface area contributed by atoms with E-state index in [2.05, 4.69) is 0 Å². The van der Waals surface area contributed by atoms with Gasteiger partial charge in [0.05, 0.1) is 5.75 Å². The summed E-state index contributed by atoms with van der Waals surface area (Å²) in [6, 6.07) is 14.0. The monoisotopic (exact) mass is 343 g/mol. The van der Waals surface area contributed by atoms with Gasteiger partial charge in [-0.25, -0.2) is 0 Å². The molecular weight excluding hydrogens is 326 g/mol. The largest absolute Gasteiger partial charge is 0.455 e. The van der Waals surface area contributed by atoms with Crippen LogP contribution in [-0.2, 0) is 19.1 Å². The van der Waals surface area contributed by atoms with Gasteiger partial charge in [0, 0.05) is 17.9 Å². The standard InChI is InChI=1S/C18H17NO4S/c20-16-6-3-9-19(16)17(21)11-23-18(22)12-24-15-8-7-13-4-1-2-5-14(13)10-15/h1-2,4-5,7-8,10H,3,6,9,11-12H2. The van der Waals surface area contributed by atoms with Gasteiger partial charge in [0.2, 0.25) is 5.91 Å². The summed E-state index contributed by atoms with van der Waals surface area (Å²) in [5.74, 6) is -0.976. The maximum Gasteiger partial charge on any atom is 0.316 e. The minimum absolute atomic E-state index is 0.125. The highest BCUT2D eigenvalue weighted by atomic mass is 32.2. The van der Waals surface area contributed by atoms with Crippen LogP contribution in [0.15, 0.2) is 47.4 Å². The number of hydrogen-bond acceptors (Lipinski definition) is 5. The van der Waals surface area contributed by atoms with Crippen molar-refractivity contribution in [2.24, 2.45) is 0 Å². The SMILES string of the molecule is O=C(CSc1ccc2ccccc2c1)OCC(=O)N1CCCC1=O. The maximum atomic E-state index is 11.8. The first-order valence-electron chi connectivity index (χ1n) is 7.74. The van der Waals surface area contributed by atoms with Gasteiger partial charge in [0.1, 0.15) is 0 Å². The molecule has 1 aliphatic rings. The number of thioether (sulfide) groups is 1. The molecule has 2 amide bonds. The lowest BCUT2D eigenvalue weighted by Gasteiger charge is -2.13. The topological polar surface area (TPSA) is 63.7 Å². The van der Waals surface area contributed by atoms with Crippen molar-refractivity contribution in [2.45, 2.75) is 17.7 Å². The molecule has 6 heteroatoms. The van der Waals surface area contributed by atoms with Crippen LogP contribution < -0.4 is 0 Å². The Balaban J connectivity index is 1.48. The summed E-state index contributed by atoms with van der Waals surface area (Å²) in [5, 5.41) is 2.25. The number of ether oxygens (including phenoxy) is 1. The maximum absolute atomic E-state index is 11.8. The highest BCUT2D eigenvalue weighted by molar-refractivity contribution is 8.00. The van der Waals surface area contributed by atoms with Crippen molar-refractivity contribution in [1.82, 2.24) is 4.90 Å². The van der Waals surface area contributed by atoms with Gasteiger partial charge < -0.3 is 4.74 Å². The zero-order valence-electron chi connectivity index (χ0n) is 13.1. The van der Waals surface area contributed by atoms with E-state index >= 15 is 0 Å². The quantitative estimate of drug-likeness (QED) is 0.617. The van der Waals surface area contributed by atoms with Crippen LogP contribution in [0.5, 0.6) is 0 Å². The fourth-order valence-electron chi connectivity index (χ4n) is 2.57. The van der Waals surface area contributed by atoms with Crippen LogP contribution in [-0.4, -0.2) is 41.6 Å². The van der Waals surface area contributed by atoms with Gasteiger partial charge >= 0.3 is 5.97 Å². The summed E-state index contributed by atoms with van der Waals surface area (Å²) in [7, 11) is 0. The number of rotatable bonds is 5. The Bertz CT molecular complexity index is 789. The van der Waals surface area contributed by atoms with Crippen molar-refractivity contribution in [1.29, 1.82) is 0 Å². The van der Waals surface area contributed by atoms with E-state index in [0.717, 1.165) is 20.6 Å². The first-order valence-corrected chi connectivity index (χ1v) is 8.72. The van der Waals surface area contributed by atoms with Crippen molar-refractivity contribution in [3.05, 3.63) is 42.5 Å². The first-order chi connectivity index (χ1) is 11.6. The van der Waals surface area contributed by atoms with Gasteiger partial charge in [-0.3, -0.25) is 19.3 Å². The minimum atomic E-state index is -0.465. The Labute approximate surface area is 144 Å². The molecule has 1 saturated heterocycles. The normalized spacial score (nSPS) is 14.2. The molecule has 0 bridgehead atoms. The lowest BCUT2D eigenvalue weighted by molar-refractivity contribution is -0.153. The number of amides is 2. The van der Waals surface area contributed by atoms with E-state index in [-0.39, 0.29) is 18.3 Å². The van der Waals surface area contributed by atoms with Crippen LogP contribution in [0.1, 0.15) is 12.8 Å². The van der Waals surface area contributed by atoms with Crippen molar-refractivity contribution in [2.75, 3.05) is 18.9 Å². The van der Waals surface area contributed by atoms with Gasteiger partial charge in [-0.05, 0) is 29.3 Å². The third-order valence-electron chi connectivity index (χ3n) is 3.81. The zero-order valence-corrected chi connectivity index (χ0v) is 13.9. The van der Waals surface area contributed by atoms with Crippen molar-refractivity contribution in [3.8, 4) is 0 Å². The van der Waals surface area contributed by atoms with Crippen molar-refractivity contribution >= 4 is 40.3 Å². The third-order valence-corrected chi connectivity index (χ3v) is 4.78. The molecule has 0 unspecified atom stereocenters. The van der Waals surface area contributed by atoms with E-state index in [1.54, 1.807) is 0 Å². The summed E-state index contributed by atoms with van der Waals surface area (Å²) in [6.07, 6.45) is 1.06. The summed E-state index contributed by atoms with van der Waals surface area (Å²) >= 11 is 1.36. The molecule has 0 radical (unpaired) electrons. The highest BCUT2D eigenvalue weighted by Gasteiger charge is 2.26. The Morgan fingerprint density at radius 2 is 1.92 bits per heavy atom. The molecule has 1 aliphatic heterocycles. The fourth-order valence-corrected chi connectivity index (χ4v) is 3.32. The van der Waals surface area contributed by atoms with Crippen molar-refractivity contribution < 1.29 is 19.1 Å². The van der Waals surface area contributed by atoms with Crippen LogP contribution in [0.3, 0.4) is 0 Å². The molecule has 0 spiro atoms. The van der Waals surface area contributed by atoms with Crippen LogP contribution in [0.25, 0.3) is 10.8 Å². The van der Waals surface area contributed by atoms with Crippen LogP contribution >= 0.6 is 11.8 Å². The molecule has 0 saturated carbocycles. The molecule has 5 nitrogen and oxygen atoms in total. The van der Waals surface area contributed by atoms with Gasteiger partial charge in [-0.2, -0.15) is 0 Å². The lowest BCUT2D eigenvalue weighted by Crippen LogP contribution is -2.35. The highest BCUT2D eigenvalue weighted by Crippen LogP contribution is 2.23. The Hall–Kier alpha value is -2.34. The average Bonchev–Trinajstić information content (AvgIpc) is 3.03. The van der Waals surface area contributed by atoms with E-state index in [1.807, 2.05) is 42.5 Å². The van der Waals surface area contributed by atoms with Crippen LogP contribution in [0, 0.1) is 0 Å². The summed E-state index contributed by atoms with van der Waals surface area (Å²) < 4.78 is 4.97. The molecule has 1 heterocycles. The molecule has 1 fully saturated rings. The predicted molar refractivity (Wildman–Crippen MR) is 91.6 cm³/mol. The van der Waals surface area contributed by atoms with Crippen LogP contribution in [0.2, 0.25) is 0 Å². The number of benzene rings is 2. The second-order valence-corrected chi connectivity index (χ2v) is 6.55. The summed E-state index contributed by atoms with van der Waals surface area (Å²) in [5.41, 5.74) is 0. The molecule has 0 N–H and O–H groups in total. The number of carbonyl (C=O) groups is 3. The number of likely N-dealkylation sites (tertiary alicyclic amines) is 1. The summed E-state index contributed by atoms with van der Waals surface area (Å²) in [6.45, 7) is 0.0455. The molecule has 2 aromatic rings. The lowest BCUT2D eigenvalue weighted by atomic mass is 10.1. The first kappa shape index (κ1) is 16.5. The Morgan fingerprint density at radius 1 is 1.12 bits per heavy atom.